The lowest BCUT2D eigenvalue weighted by molar-refractivity contribution is 0.596. The molecule has 0 fully saturated rings. The molecule has 1 aromatic carbocycles. The average Bonchev–Trinajstić information content (AvgIpc) is 2.71. The van der Waals surface area contributed by atoms with Crippen LogP contribution in [0.5, 0.6) is 0 Å². The van der Waals surface area contributed by atoms with Crippen molar-refractivity contribution in [3.8, 4) is 0 Å². The smallest absolute Gasteiger partial charge is 0.265 e. The van der Waals surface area contributed by atoms with E-state index in [2.05, 4.69) is 9.71 Å². The predicted molar refractivity (Wildman–Crippen MR) is 77.8 cm³/mol. The van der Waals surface area contributed by atoms with Crippen LogP contribution in [0.15, 0.2) is 23.1 Å². The second-order valence-corrected chi connectivity index (χ2v) is 7.02. The second kappa shape index (κ2) is 5.37. The first kappa shape index (κ1) is 14.7. The summed E-state index contributed by atoms with van der Waals surface area (Å²) >= 11 is 1.23. The van der Waals surface area contributed by atoms with Gasteiger partial charge >= 0.3 is 0 Å². The van der Waals surface area contributed by atoms with Crippen LogP contribution in [0.3, 0.4) is 0 Å². The van der Waals surface area contributed by atoms with E-state index in [4.69, 9.17) is 5.73 Å². The van der Waals surface area contributed by atoms with E-state index in [1.807, 2.05) is 13.8 Å². The van der Waals surface area contributed by atoms with Gasteiger partial charge in [0.15, 0.2) is 5.13 Å². The zero-order chi connectivity index (χ0) is 14.9. The Balaban J connectivity index is 2.37. The van der Waals surface area contributed by atoms with E-state index in [0.717, 1.165) is 22.7 Å². The van der Waals surface area contributed by atoms with Gasteiger partial charge in [-0.3, -0.25) is 4.72 Å². The highest BCUT2D eigenvalue weighted by Gasteiger charge is 2.20. The van der Waals surface area contributed by atoms with E-state index in [1.165, 1.54) is 17.4 Å². The number of nitrogen functional groups attached to an aromatic ring is 1. The number of rotatable bonds is 4. The van der Waals surface area contributed by atoms with Crippen molar-refractivity contribution in [2.45, 2.75) is 25.2 Å². The van der Waals surface area contributed by atoms with Crippen molar-refractivity contribution in [2.75, 3.05) is 10.5 Å². The van der Waals surface area contributed by atoms with Crippen molar-refractivity contribution < 1.29 is 12.8 Å². The average molecular weight is 315 g/mol. The monoisotopic (exact) mass is 315 g/mol. The first-order valence-corrected chi connectivity index (χ1v) is 8.17. The highest BCUT2D eigenvalue weighted by Crippen LogP contribution is 2.27. The zero-order valence-corrected chi connectivity index (χ0v) is 12.6. The van der Waals surface area contributed by atoms with Crippen molar-refractivity contribution in [3.05, 3.63) is 34.6 Å². The lowest BCUT2D eigenvalue weighted by atomic mass is 10.3. The summed E-state index contributed by atoms with van der Waals surface area (Å²) in [6.45, 7) is 3.80. The number of halogens is 1. The summed E-state index contributed by atoms with van der Waals surface area (Å²) < 4.78 is 39.9. The molecule has 0 unspecified atom stereocenters. The molecule has 1 heterocycles. The quantitative estimate of drug-likeness (QED) is 0.849. The molecule has 0 aliphatic rings. The minimum atomic E-state index is -3.95. The summed E-state index contributed by atoms with van der Waals surface area (Å²) in [6.07, 6.45) is 0.714. The van der Waals surface area contributed by atoms with Crippen molar-refractivity contribution >= 4 is 32.2 Å². The first-order chi connectivity index (χ1) is 9.33. The van der Waals surface area contributed by atoms with Crippen molar-refractivity contribution in [2.24, 2.45) is 0 Å². The van der Waals surface area contributed by atoms with Crippen LogP contribution in [-0.2, 0) is 16.4 Å². The number of hydrogen-bond donors (Lipinski definition) is 2. The summed E-state index contributed by atoms with van der Waals surface area (Å²) in [5, 5.41) is 0.253. The molecule has 5 nitrogen and oxygen atoms in total. The number of thiazole rings is 1. The van der Waals surface area contributed by atoms with Gasteiger partial charge in [0.25, 0.3) is 10.0 Å². The van der Waals surface area contributed by atoms with Gasteiger partial charge in [0, 0.05) is 4.88 Å². The van der Waals surface area contributed by atoms with Crippen molar-refractivity contribution in [3.63, 3.8) is 0 Å². The summed E-state index contributed by atoms with van der Waals surface area (Å²) in [4.78, 5) is 4.84. The molecular weight excluding hydrogens is 301 g/mol. The largest absolute Gasteiger partial charge is 0.398 e. The maximum Gasteiger partial charge on any atom is 0.265 e. The number of nitrogens with zero attached hydrogens (tertiary/aromatic N) is 1. The maximum atomic E-state index is 13.2. The van der Waals surface area contributed by atoms with Crippen LogP contribution in [0.2, 0.25) is 0 Å². The number of aryl methyl sites for hydroxylation is 2. The molecule has 2 aromatic rings. The highest BCUT2D eigenvalue weighted by atomic mass is 32.2. The molecule has 0 saturated carbocycles. The van der Waals surface area contributed by atoms with Crippen LogP contribution in [0.25, 0.3) is 0 Å². The van der Waals surface area contributed by atoms with E-state index < -0.39 is 15.8 Å². The Morgan fingerprint density at radius 2 is 2.15 bits per heavy atom. The van der Waals surface area contributed by atoms with Crippen LogP contribution in [-0.4, -0.2) is 13.4 Å². The Kier molecular flexibility index (Phi) is 3.96. The van der Waals surface area contributed by atoms with Gasteiger partial charge in [-0.25, -0.2) is 17.8 Å². The van der Waals surface area contributed by atoms with E-state index in [9.17, 15) is 12.8 Å². The third-order valence-electron chi connectivity index (χ3n) is 2.71. The summed E-state index contributed by atoms with van der Waals surface area (Å²) in [6, 6.07) is 3.21. The topological polar surface area (TPSA) is 85.1 Å². The number of benzene rings is 1. The van der Waals surface area contributed by atoms with Crippen LogP contribution < -0.4 is 10.5 Å². The van der Waals surface area contributed by atoms with Crippen LogP contribution in [0, 0.1) is 12.7 Å². The van der Waals surface area contributed by atoms with E-state index in [0.29, 0.717) is 6.42 Å². The molecule has 1 aromatic heterocycles. The lowest BCUT2D eigenvalue weighted by Crippen LogP contribution is -2.15. The van der Waals surface area contributed by atoms with Gasteiger partial charge < -0.3 is 5.73 Å². The van der Waals surface area contributed by atoms with Gasteiger partial charge in [-0.05, 0) is 31.5 Å². The first-order valence-electron chi connectivity index (χ1n) is 5.87. The van der Waals surface area contributed by atoms with Crippen LogP contribution in [0.1, 0.15) is 17.5 Å². The molecule has 0 aliphatic carbocycles. The van der Waals surface area contributed by atoms with Gasteiger partial charge in [-0.1, -0.05) is 6.92 Å². The fraction of sp³-hybridized carbons (Fsp3) is 0.250. The molecule has 0 aliphatic heterocycles. The van der Waals surface area contributed by atoms with E-state index in [1.54, 1.807) is 0 Å². The number of sulfonamides is 1. The number of nitrogens with two attached hydrogens (primary N) is 1. The molecule has 108 valence electrons. The number of hydrogen-bond acceptors (Lipinski definition) is 5. The summed E-state index contributed by atoms with van der Waals surface area (Å²) in [5.41, 5.74) is 6.41. The molecule has 0 atom stereocenters. The molecule has 8 heteroatoms. The Bertz CT molecular complexity index is 741. The molecule has 0 radical (unpaired) electrons. The third-order valence-corrected chi connectivity index (χ3v) is 5.17. The lowest BCUT2D eigenvalue weighted by Gasteiger charge is -2.07. The fourth-order valence-electron chi connectivity index (χ4n) is 1.71. The molecular formula is C12H14FN3O2S2. The Labute approximate surface area is 120 Å². The van der Waals surface area contributed by atoms with Crippen LogP contribution >= 0.6 is 11.3 Å². The molecule has 20 heavy (non-hydrogen) atoms. The molecule has 0 amide bonds. The van der Waals surface area contributed by atoms with E-state index in [-0.39, 0.29) is 15.7 Å². The minimum Gasteiger partial charge on any atom is -0.398 e. The van der Waals surface area contributed by atoms with Crippen molar-refractivity contribution in [1.29, 1.82) is 0 Å². The SMILES string of the molecule is CCc1nc(NS(=O)(=O)c2cc(F)ccc2N)sc1C. The van der Waals surface area contributed by atoms with Gasteiger partial charge in [0.05, 0.1) is 11.4 Å². The molecule has 0 saturated heterocycles. The highest BCUT2D eigenvalue weighted by molar-refractivity contribution is 7.93. The Morgan fingerprint density at radius 3 is 2.75 bits per heavy atom. The van der Waals surface area contributed by atoms with Crippen molar-refractivity contribution in [1.82, 2.24) is 4.98 Å². The van der Waals surface area contributed by atoms with Gasteiger partial charge in [-0.15, -0.1) is 11.3 Å². The van der Waals surface area contributed by atoms with Gasteiger partial charge in [0.2, 0.25) is 0 Å². The second-order valence-electron chi connectivity index (χ2n) is 4.16. The molecule has 0 spiro atoms. The van der Waals surface area contributed by atoms with Gasteiger partial charge in [0.1, 0.15) is 10.7 Å². The predicted octanol–water partition coefficient (Wildman–Crippen LogP) is 2.54. The molecule has 2 rings (SSSR count). The van der Waals surface area contributed by atoms with Gasteiger partial charge in [-0.2, -0.15) is 0 Å². The number of aromatic nitrogens is 1. The Morgan fingerprint density at radius 1 is 1.45 bits per heavy atom. The molecule has 0 bridgehead atoms. The summed E-state index contributed by atoms with van der Waals surface area (Å²) in [7, 11) is -3.95. The molecule has 3 N–H and O–H groups in total. The fourth-order valence-corrected chi connectivity index (χ4v) is 3.99. The number of nitrogens with one attached hydrogen (secondary N) is 1. The third kappa shape index (κ3) is 2.91. The maximum absolute atomic E-state index is 13.2. The van der Waals surface area contributed by atoms with E-state index >= 15 is 0 Å². The number of anilines is 2. The standard InChI is InChI=1S/C12H14FN3O2S2/c1-3-10-7(2)19-12(15-10)16-20(17,18)11-6-8(13)4-5-9(11)14/h4-6H,3,14H2,1-2H3,(H,15,16). The summed E-state index contributed by atoms with van der Waals surface area (Å²) in [5.74, 6) is -0.663. The normalized spacial score (nSPS) is 11.6. The van der Waals surface area contributed by atoms with Crippen LogP contribution in [0.4, 0.5) is 15.2 Å². The Hall–Kier alpha value is -1.67. The zero-order valence-electron chi connectivity index (χ0n) is 11.0. The minimum absolute atomic E-state index is 0.0112.